The summed E-state index contributed by atoms with van der Waals surface area (Å²) >= 11 is 0. The van der Waals surface area contributed by atoms with Gasteiger partial charge in [-0.15, -0.1) is 0 Å². The number of benzene rings is 2. The van der Waals surface area contributed by atoms with Crippen molar-refractivity contribution in [2.45, 2.75) is 45.4 Å². The molecule has 10 heteroatoms. The van der Waals surface area contributed by atoms with Crippen molar-refractivity contribution < 1.29 is 26.4 Å². The largest absolute Gasteiger partial charge is 0.492 e. The molecule has 1 amide bonds. The predicted molar refractivity (Wildman–Crippen MR) is 124 cm³/mol. The van der Waals surface area contributed by atoms with Gasteiger partial charge in [-0.25, -0.2) is 21.1 Å². The van der Waals surface area contributed by atoms with Crippen LogP contribution in [0.25, 0.3) is 0 Å². The maximum Gasteiger partial charge on any atom is 0.265 e. The van der Waals surface area contributed by atoms with Gasteiger partial charge < -0.3 is 4.74 Å². The van der Waals surface area contributed by atoms with Crippen LogP contribution in [-0.4, -0.2) is 35.1 Å². The van der Waals surface area contributed by atoms with Crippen molar-refractivity contribution in [3.63, 3.8) is 0 Å². The summed E-state index contributed by atoms with van der Waals surface area (Å²) in [6.45, 7) is 7.33. The molecule has 0 spiro atoms. The van der Waals surface area contributed by atoms with Gasteiger partial charge in [0.15, 0.2) is 0 Å². The van der Waals surface area contributed by atoms with Crippen molar-refractivity contribution in [2.75, 3.05) is 21.4 Å². The first kappa shape index (κ1) is 24.1. The van der Waals surface area contributed by atoms with Gasteiger partial charge in [-0.2, -0.15) is 0 Å². The van der Waals surface area contributed by atoms with E-state index < -0.39 is 31.9 Å². The molecule has 1 aliphatic rings. The third-order valence-electron chi connectivity index (χ3n) is 5.35. The Kier molecular flexibility index (Phi) is 6.85. The summed E-state index contributed by atoms with van der Waals surface area (Å²) in [5.41, 5.74) is 2.16. The normalized spacial score (nSPS) is 18.1. The number of aryl methyl sites for hydroxylation is 2. The fourth-order valence-electron chi connectivity index (χ4n) is 3.76. The fraction of sp³-hybridized carbons (Fsp3) is 0.409. The van der Waals surface area contributed by atoms with E-state index in [1.54, 1.807) is 6.92 Å². The van der Waals surface area contributed by atoms with Crippen molar-refractivity contribution in [1.82, 2.24) is 0 Å². The number of nitrogens with zero attached hydrogens (tertiary/aromatic N) is 1. The monoisotopic (exact) mass is 480 g/mol. The predicted octanol–water partition coefficient (Wildman–Crippen LogP) is 3.32. The third-order valence-corrected chi connectivity index (χ3v) is 8.59. The molecule has 0 bridgehead atoms. The minimum Gasteiger partial charge on any atom is -0.492 e. The molecule has 3 rings (SSSR count). The molecule has 1 aliphatic heterocycles. The van der Waals surface area contributed by atoms with Gasteiger partial charge in [0.05, 0.1) is 29.7 Å². The van der Waals surface area contributed by atoms with Crippen LogP contribution >= 0.6 is 0 Å². The molecule has 0 radical (unpaired) electrons. The lowest BCUT2D eigenvalue weighted by atomic mass is 10.0. The van der Waals surface area contributed by atoms with Crippen LogP contribution in [0.4, 0.5) is 11.4 Å². The van der Waals surface area contributed by atoms with Gasteiger partial charge in [0.1, 0.15) is 10.6 Å². The summed E-state index contributed by atoms with van der Waals surface area (Å²) in [6, 6.07) is 9.54. The van der Waals surface area contributed by atoms with Gasteiger partial charge in [-0.05, 0) is 49.1 Å². The summed E-state index contributed by atoms with van der Waals surface area (Å²) < 4.78 is 60.8. The van der Waals surface area contributed by atoms with Crippen LogP contribution in [0, 0.1) is 5.92 Å². The van der Waals surface area contributed by atoms with E-state index in [1.165, 1.54) is 25.1 Å². The number of carbonyl (C=O) groups is 1. The molecule has 174 valence electrons. The minimum atomic E-state index is -4.16. The van der Waals surface area contributed by atoms with Crippen LogP contribution in [0.1, 0.15) is 38.8 Å². The summed E-state index contributed by atoms with van der Waals surface area (Å²) in [4.78, 5) is 12.3. The van der Waals surface area contributed by atoms with Crippen LogP contribution in [0.5, 0.6) is 5.75 Å². The molecule has 1 N–H and O–H groups in total. The maximum atomic E-state index is 13.5. The maximum absolute atomic E-state index is 13.5. The number of nitrogens with one attached hydrogen (secondary N) is 1. The van der Waals surface area contributed by atoms with E-state index in [0.29, 0.717) is 22.8 Å². The Hall–Kier alpha value is -2.59. The van der Waals surface area contributed by atoms with Crippen molar-refractivity contribution in [3.05, 3.63) is 47.5 Å². The summed E-state index contributed by atoms with van der Waals surface area (Å²) in [5.74, 6) is -1.53. The Balaban J connectivity index is 2.14. The van der Waals surface area contributed by atoms with E-state index in [-0.39, 0.29) is 28.7 Å². The Labute approximate surface area is 189 Å². The highest BCUT2D eigenvalue weighted by atomic mass is 32.2. The number of ether oxygens (including phenoxy) is 1. The molecular weight excluding hydrogens is 452 g/mol. The molecule has 1 fully saturated rings. The van der Waals surface area contributed by atoms with Crippen LogP contribution in [0.15, 0.2) is 41.3 Å². The second kappa shape index (κ2) is 9.11. The number of amides is 1. The van der Waals surface area contributed by atoms with Crippen molar-refractivity contribution in [1.29, 1.82) is 0 Å². The first-order chi connectivity index (χ1) is 15.1. The van der Waals surface area contributed by atoms with E-state index in [1.807, 2.05) is 32.0 Å². The van der Waals surface area contributed by atoms with Gasteiger partial charge in [-0.3, -0.25) is 9.52 Å². The quantitative estimate of drug-likeness (QED) is 0.621. The summed E-state index contributed by atoms with van der Waals surface area (Å²) in [5, 5.41) is 0. The SMILES string of the molecule is CCOc1ccc(N2C(=O)C(C)CS2(=O)=O)cc1S(=O)(=O)Nc1c(CC)cccc1CC. The van der Waals surface area contributed by atoms with Gasteiger partial charge in [-0.1, -0.05) is 39.0 Å². The van der Waals surface area contributed by atoms with Gasteiger partial charge in [0, 0.05) is 0 Å². The van der Waals surface area contributed by atoms with E-state index >= 15 is 0 Å². The first-order valence-corrected chi connectivity index (χ1v) is 13.6. The number of carbonyl (C=O) groups excluding carboxylic acids is 1. The number of anilines is 2. The molecule has 8 nitrogen and oxygen atoms in total. The van der Waals surface area contributed by atoms with E-state index in [2.05, 4.69) is 4.72 Å². The molecule has 0 aliphatic carbocycles. The minimum absolute atomic E-state index is 0.0253. The fourth-order valence-corrected chi connectivity index (χ4v) is 6.88. The number of rotatable bonds is 8. The number of para-hydroxylation sites is 1. The van der Waals surface area contributed by atoms with Gasteiger partial charge in [0.2, 0.25) is 15.9 Å². The second-order valence-electron chi connectivity index (χ2n) is 7.61. The summed E-state index contributed by atoms with van der Waals surface area (Å²) in [7, 11) is -8.04. The topological polar surface area (TPSA) is 110 Å². The molecule has 0 aromatic heterocycles. The zero-order valence-electron chi connectivity index (χ0n) is 18.6. The molecule has 1 saturated heterocycles. The van der Waals surface area contributed by atoms with Crippen molar-refractivity contribution >= 4 is 37.3 Å². The average Bonchev–Trinajstić information content (AvgIpc) is 2.95. The Morgan fingerprint density at radius 3 is 2.22 bits per heavy atom. The van der Waals surface area contributed by atoms with Gasteiger partial charge >= 0.3 is 0 Å². The molecule has 32 heavy (non-hydrogen) atoms. The Morgan fingerprint density at radius 2 is 1.72 bits per heavy atom. The van der Waals surface area contributed by atoms with E-state index in [4.69, 9.17) is 4.74 Å². The molecule has 1 atom stereocenters. The third kappa shape index (κ3) is 4.47. The van der Waals surface area contributed by atoms with Crippen LogP contribution in [0.3, 0.4) is 0 Å². The Morgan fingerprint density at radius 1 is 1.09 bits per heavy atom. The number of hydrogen-bond acceptors (Lipinski definition) is 6. The molecular formula is C22H28N2O6S2. The molecule has 2 aromatic carbocycles. The number of sulfonamides is 2. The zero-order valence-corrected chi connectivity index (χ0v) is 20.2. The first-order valence-electron chi connectivity index (χ1n) is 10.5. The van der Waals surface area contributed by atoms with E-state index in [9.17, 15) is 21.6 Å². The zero-order chi connectivity index (χ0) is 23.7. The molecule has 2 aromatic rings. The van der Waals surface area contributed by atoms with Crippen LogP contribution in [0.2, 0.25) is 0 Å². The van der Waals surface area contributed by atoms with E-state index in [0.717, 1.165) is 11.1 Å². The standard InChI is InChI=1S/C22H28N2O6S2/c1-5-16-9-8-10-17(6-2)21(16)23-32(28,29)20-13-18(11-12-19(20)30-7-3)24-22(25)15(4)14-31(24,26)27/h8-13,15,23H,5-7,14H2,1-4H3. The smallest absolute Gasteiger partial charge is 0.265 e. The lowest BCUT2D eigenvalue weighted by Crippen LogP contribution is -2.30. The van der Waals surface area contributed by atoms with Crippen LogP contribution < -0.4 is 13.8 Å². The van der Waals surface area contributed by atoms with Gasteiger partial charge in [0.25, 0.3) is 10.0 Å². The lowest BCUT2D eigenvalue weighted by molar-refractivity contribution is -0.119. The van der Waals surface area contributed by atoms with Crippen molar-refractivity contribution in [2.24, 2.45) is 5.92 Å². The molecule has 1 heterocycles. The highest BCUT2D eigenvalue weighted by Gasteiger charge is 2.42. The van der Waals surface area contributed by atoms with Crippen LogP contribution in [-0.2, 0) is 37.7 Å². The molecule has 1 unspecified atom stereocenters. The van der Waals surface area contributed by atoms with Crippen molar-refractivity contribution in [3.8, 4) is 5.75 Å². The molecule has 0 saturated carbocycles. The second-order valence-corrected chi connectivity index (χ2v) is 11.1. The summed E-state index contributed by atoms with van der Waals surface area (Å²) in [6.07, 6.45) is 1.25. The highest BCUT2D eigenvalue weighted by Crippen LogP contribution is 2.35. The average molecular weight is 481 g/mol. The number of hydrogen-bond donors (Lipinski definition) is 1. The lowest BCUT2D eigenvalue weighted by Gasteiger charge is -2.20. The Bertz CT molecular complexity index is 1220. The highest BCUT2D eigenvalue weighted by molar-refractivity contribution is 7.94.